The molecule has 7 heteroatoms. The molecule has 1 aromatic rings. The van der Waals surface area contributed by atoms with E-state index in [2.05, 4.69) is 26.0 Å². The second-order valence-corrected chi connectivity index (χ2v) is 7.02. The van der Waals surface area contributed by atoms with Crippen LogP contribution in [0.2, 0.25) is 0 Å². The van der Waals surface area contributed by atoms with Crippen molar-refractivity contribution >= 4 is 37.5 Å². The molecule has 0 aromatic heterocycles. The Labute approximate surface area is 115 Å². The summed E-state index contributed by atoms with van der Waals surface area (Å²) in [6.07, 6.45) is 0. The van der Waals surface area contributed by atoms with Crippen molar-refractivity contribution in [1.29, 1.82) is 0 Å². The van der Waals surface area contributed by atoms with E-state index in [0.717, 1.165) is 0 Å². The van der Waals surface area contributed by atoms with Gasteiger partial charge in [-0.25, -0.2) is 13.1 Å². The van der Waals surface area contributed by atoms with Gasteiger partial charge >= 0.3 is 0 Å². The van der Waals surface area contributed by atoms with Crippen molar-refractivity contribution in [3.8, 4) is 0 Å². The summed E-state index contributed by atoms with van der Waals surface area (Å²) in [5, 5.41) is 2.63. The van der Waals surface area contributed by atoms with Gasteiger partial charge in [0.15, 0.2) is 0 Å². The Morgan fingerprint density at radius 3 is 2.50 bits per heavy atom. The van der Waals surface area contributed by atoms with E-state index in [4.69, 9.17) is 0 Å². The van der Waals surface area contributed by atoms with Gasteiger partial charge in [0.05, 0.1) is 9.72 Å². The molecule has 5 nitrogen and oxygen atoms in total. The standard InChI is InChI=1S/C11H15BrN2O3S/c1-7-4-5-9(14-11(15)8(2)12)6-10(7)18(16,17)13-3/h4-6,8,13H,1-3H3,(H,14,15). The molecule has 0 radical (unpaired) electrons. The predicted octanol–water partition coefficient (Wildman–Crippen LogP) is 1.63. The zero-order valence-electron chi connectivity index (χ0n) is 10.3. The highest BCUT2D eigenvalue weighted by Crippen LogP contribution is 2.20. The SMILES string of the molecule is CNS(=O)(=O)c1cc(NC(=O)C(C)Br)ccc1C. The van der Waals surface area contributed by atoms with Crippen molar-refractivity contribution in [2.75, 3.05) is 12.4 Å². The second kappa shape index (κ2) is 5.81. The maximum Gasteiger partial charge on any atom is 0.240 e. The molecule has 0 fully saturated rings. The van der Waals surface area contributed by atoms with Crippen LogP contribution in [0.15, 0.2) is 23.1 Å². The van der Waals surface area contributed by atoms with Crippen LogP contribution in [0.3, 0.4) is 0 Å². The molecule has 0 aliphatic rings. The summed E-state index contributed by atoms with van der Waals surface area (Å²) in [5.74, 6) is -0.230. The number of aryl methyl sites for hydroxylation is 1. The van der Waals surface area contributed by atoms with E-state index in [1.807, 2.05) is 0 Å². The summed E-state index contributed by atoms with van der Waals surface area (Å²) in [6.45, 7) is 3.39. The van der Waals surface area contributed by atoms with Gasteiger partial charge in [0, 0.05) is 5.69 Å². The van der Waals surface area contributed by atoms with E-state index in [1.165, 1.54) is 13.1 Å². The van der Waals surface area contributed by atoms with E-state index >= 15 is 0 Å². The molecule has 0 saturated carbocycles. The van der Waals surface area contributed by atoms with Gasteiger partial charge in [-0.15, -0.1) is 0 Å². The van der Waals surface area contributed by atoms with Gasteiger partial charge in [-0.05, 0) is 38.6 Å². The van der Waals surface area contributed by atoms with Crippen LogP contribution in [0.5, 0.6) is 0 Å². The molecule has 1 aromatic carbocycles. The number of alkyl halides is 1. The van der Waals surface area contributed by atoms with E-state index in [0.29, 0.717) is 11.3 Å². The number of hydrogen-bond acceptors (Lipinski definition) is 3. The minimum atomic E-state index is -3.52. The molecular formula is C11H15BrN2O3S. The van der Waals surface area contributed by atoms with Crippen LogP contribution in [-0.4, -0.2) is 26.2 Å². The third-order valence-electron chi connectivity index (χ3n) is 2.38. The highest BCUT2D eigenvalue weighted by Gasteiger charge is 2.16. The normalized spacial score (nSPS) is 13.1. The molecule has 0 spiro atoms. The quantitative estimate of drug-likeness (QED) is 0.821. The molecule has 0 aliphatic carbocycles. The lowest BCUT2D eigenvalue weighted by molar-refractivity contribution is -0.115. The molecule has 0 bridgehead atoms. The fraction of sp³-hybridized carbons (Fsp3) is 0.364. The summed E-state index contributed by atoms with van der Waals surface area (Å²) < 4.78 is 25.8. The molecule has 1 atom stereocenters. The zero-order valence-corrected chi connectivity index (χ0v) is 12.7. The molecule has 1 unspecified atom stereocenters. The molecular weight excluding hydrogens is 320 g/mol. The van der Waals surface area contributed by atoms with Crippen LogP contribution in [0.4, 0.5) is 5.69 Å². The number of anilines is 1. The van der Waals surface area contributed by atoms with Crippen molar-refractivity contribution in [2.45, 2.75) is 23.6 Å². The number of carbonyl (C=O) groups excluding carboxylic acids is 1. The lowest BCUT2D eigenvalue weighted by Crippen LogP contribution is -2.22. The van der Waals surface area contributed by atoms with Gasteiger partial charge in [0.1, 0.15) is 0 Å². The minimum absolute atomic E-state index is 0.157. The van der Waals surface area contributed by atoms with E-state index in [9.17, 15) is 13.2 Å². The predicted molar refractivity (Wildman–Crippen MR) is 74.4 cm³/mol. The van der Waals surface area contributed by atoms with Gasteiger partial charge < -0.3 is 5.32 Å². The maximum atomic E-state index is 11.8. The summed E-state index contributed by atoms with van der Waals surface area (Å²) in [5.41, 5.74) is 1.07. The summed E-state index contributed by atoms with van der Waals surface area (Å²) >= 11 is 3.14. The first kappa shape index (κ1) is 15.1. The fourth-order valence-corrected chi connectivity index (χ4v) is 2.43. The van der Waals surface area contributed by atoms with E-state index in [-0.39, 0.29) is 15.6 Å². The summed E-state index contributed by atoms with van der Waals surface area (Å²) in [4.78, 5) is 11.3. The average Bonchev–Trinajstić information content (AvgIpc) is 2.31. The Hall–Kier alpha value is -0.920. The molecule has 1 rings (SSSR count). The molecule has 100 valence electrons. The molecule has 1 amide bonds. The third-order valence-corrected chi connectivity index (χ3v) is 4.35. The average molecular weight is 335 g/mol. The smallest absolute Gasteiger partial charge is 0.240 e. The zero-order chi connectivity index (χ0) is 13.9. The Morgan fingerprint density at radius 1 is 1.39 bits per heavy atom. The topological polar surface area (TPSA) is 75.3 Å². The van der Waals surface area contributed by atoms with Gasteiger partial charge in [0.2, 0.25) is 15.9 Å². The van der Waals surface area contributed by atoms with Crippen LogP contribution < -0.4 is 10.0 Å². The number of sulfonamides is 1. The van der Waals surface area contributed by atoms with Crippen molar-refractivity contribution < 1.29 is 13.2 Å². The first-order valence-electron chi connectivity index (χ1n) is 5.27. The Balaban J connectivity index is 3.13. The minimum Gasteiger partial charge on any atom is -0.325 e. The van der Waals surface area contributed by atoms with Crippen LogP contribution in [0.1, 0.15) is 12.5 Å². The van der Waals surface area contributed by atoms with Crippen LogP contribution >= 0.6 is 15.9 Å². The fourth-order valence-electron chi connectivity index (χ4n) is 1.32. The van der Waals surface area contributed by atoms with Crippen molar-refractivity contribution in [3.05, 3.63) is 23.8 Å². The number of carbonyl (C=O) groups is 1. The second-order valence-electron chi connectivity index (χ2n) is 3.79. The molecule has 2 N–H and O–H groups in total. The number of hydrogen-bond donors (Lipinski definition) is 2. The first-order valence-corrected chi connectivity index (χ1v) is 7.67. The Bertz CT molecular complexity index is 555. The van der Waals surface area contributed by atoms with Gasteiger partial charge in [-0.1, -0.05) is 22.0 Å². The highest BCUT2D eigenvalue weighted by atomic mass is 79.9. The van der Waals surface area contributed by atoms with E-state index < -0.39 is 10.0 Å². The Kier molecular flexibility index (Phi) is 4.89. The highest BCUT2D eigenvalue weighted by molar-refractivity contribution is 9.10. The van der Waals surface area contributed by atoms with Crippen LogP contribution in [0.25, 0.3) is 0 Å². The molecule has 18 heavy (non-hydrogen) atoms. The van der Waals surface area contributed by atoms with Crippen molar-refractivity contribution in [3.63, 3.8) is 0 Å². The van der Waals surface area contributed by atoms with Crippen LogP contribution in [-0.2, 0) is 14.8 Å². The van der Waals surface area contributed by atoms with E-state index in [1.54, 1.807) is 26.0 Å². The monoisotopic (exact) mass is 334 g/mol. The number of benzene rings is 1. The van der Waals surface area contributed by atoms with Crippen molar-refractivity contribution in [2.24, 2.45) is 0 Å². The number of rotatable bonds is 4. The summed E-state index contributed by atoms with van der Waals surface area (Å²) in [6, 6.07) is 4.75. The van der Waals surface area contributed by atoms with Gasteiger partial charge in [-0.2, -0.15) is 0 Å². The largest absolute Gasteiger partial charge is 0.325 e. The number of nitrogens with one attached hydrogen (secondary N) is 2. The van der Waals surface area contributed by atoms with Gasteiger partial charge in [0.25, 0.3) is 0 Å². The lowest BCUT2D eigenvalue weighted by atomic mass is 10.2. The third kappa shape index (κ3) is 3.54. The van der Waals surface area contributed by atoms with Crippen LogP contribution in [0, 0.1) is 6.92 Å². The number of halogens is 1. The first-order chi connectivity index (χ1) is 8.27. The maximum absolute atomic E-state index is 11.8. The summed E-state index contributed by atoms with van der Waals surface area (Å²) in [7, 11) is -2.17. The lowest BCUT2D eigenvalue weighted by Gasteiger charge is -2.11. The number of amides is 1. The molecule has 0 heterocycles. The van der Waals surface area contributed by atoms with Crippen molar-refractivity contribution in [1.82, 2.24) is 4.72 Å². The Morgan fingerprint density at radius 2 is 2.00 bits per heavy atom. The van der Waals surface area contributed by atoms with Gasteiger partial charge in [-0.3, -0.25) is 4.79 Å². The molecule has 0 aliphatic heterocycles. The molecule has 0 saturated heterocycles.